The zero-order valence-corrected chi connectivity index (χ0v) is 12.5. The van der Waals surface area contributed by atoms with Crippen molar-refractivity contribution in [3.63, 3.8) is 0 Å². The first-order chi connectivity index (χ1) is 7.77. The Kier molecular flexibility index (Phi) is 5.78. The normalized spacial score (nSPS) is 9.41. The van der Waals surface area contributed by atoms with Crippen molar-refractivity contribution in [2.24, 2.45) is 0 Å². The van der Waals surface area contributed by atoms with Gasteiger partial charge in [0.2, 0.25) is 0 Å². The van der Waals surface area contributed by atoms with Crippen LogP contribution >= 0.6 is 0 Å². The largest absolute Gasteiger partial charge is 0.478 e. The van der Waals surface area contributed by atoms with E-state index in [1.807, 2.05) is 42.5 Å². The molecule has 0 saturated carbocycles. The molecule has 0 amide bonds. The Bertz CT molecular complexity index is 495. The van der Waals surface area contributed by atoms with E-state index >= 15 is 0 Å². The molecule has 1 N–H and O–H groups in total. The molecule has 0 spiro atoms. The van der Waals surface area contributed by atoms with E-state index in [0.717, 1.165) is 11.1 Å². The van der Waals surface area contributed by atoms with E-state index in [-0.39, 0.29) is 40.8 Å². The number of hydrogen-bond acceptors (Lipinski definition) is 1. The third kappa shape index (κ3) is 3.89. The van der Waals surface area contributed by atoms with Crippen LogP contribution in [-0.2, 0) is 6.42 Å². The summed E-state index contributed by atoms with van der Waals surface area (Å²) in [6, 6.07) is 17.0. The Balaban J connectivity index is 0.00000144. The van der Waals surface area contributed by atoms with Crippen molar-refractivity contribution in [1.29, 1.82) is 0 Å². The second kappa shape index (κ2) is 6.87. The second-order valence-corrected chi connectivity index (χ2v) is 3.62. The average molecular weight is 356 g/mol. The molecule has 0 aliphatic carbocycles. The molecule has 17 heavy (non-hydrogen) atoms. The maximum atomic E-state index is 11.0. The number of aromatic carboxylic acids is 1. The van der Waals surface area contributed by atoms with Gasteiger partial charge in [-0.1, -0.05) is 48.5 Å². The van der Waals surface area contributed by atoms with Gasteiger partial charge in [-0.05, 0) is 23.6 Å². The van der Waals surface area contributed by atoms with E-state index in [0.29, 0.717) is 12.0 Å². The molecule has 2 nitrogen and oxygen atoms in total. The van der Waals surface area contributed by atoms with E-state index in [1.165, 1.54) is 0 Å². The van der Waals surface area contributed by atoms with Gasteiger partial charge >= 0.3 is 5.97 Å². The van der Waals surface area contributed by atoms with Gasteiger partial charge in [0.05, 0.1) is 5.56 Å². The molecule has 0 radical (unpaired) electrons. The third-order valence-electron chi connectivity index (χ3n) is 2.49. The summed E-state index contributed by atoms with van der Waals surface area (Å²) in [6.07, 6.45) is 0.656. The van der Waals surface area contributed by atoms with Crippen LogP contribution in [0, 0.1) is 40.8 Å². The van der Waals surface area contributed by atoms with E-state index < -0.39 is 5.97 Å². The number of carbonyl (C=O) groups is 1. The van der Waals surface area contributed by atoms with Crippen molar-refractivity contribution in [1.82, 2.24) is 0 Å². The second-order valence-electron chi connectivity index (χ2n) is 3.62. The van der Waals surface area contributed by atoms with Crippen LogP contribution in [0.1, 0.15) is 21.5 Å². The van der Waals surface area contributed by atoms with Crippen LogP contribution < -0.4 is 0 Å². The summed E-state index contributed by atoms with van der Waals surface area (Å²) < 4.78 is 0. The number of hydrogen-bond donors (Lipinski definition) is 1. The van der Waals surface area contributed by atoms with Crippen LogP contribution in [0.15, 0.2) is 54.6 Å². The van der Waals surface area contributed by atoms with Gasteiger partial charge in [-0.25, -0.2) is 4.79 Å². The number of carboxylic acid groups (broad SMARTS) is 1. The molecular weight excluding hydrogens is 344 g/mol. The number of rotatable bonds is 3. The summed E-state index contributed by atoms with van der Waals surface area (Å²) in [6.45, 7) is 0. The van der Waals surface area contributed by atoms with E-state index in [1.54, 1.807) is 12.1 Å². The molecule has 0 fully saturated rings. The zero-order chi connectivity index (χ0) is 11.4. The van der Waals surface area contributed by atoms with Crippen LogP contribution in [-0.4, -0.2) is 11.1 Å². The molecule has 2 aromatic carbocycles. The third-order valence-corrected chi connectivity index (χ3v) is 2.49. The van der Waals surface area contributed by atoms with Gasteiger partial charge in [-0.2, -0.15) is 0 Å². The van der Waals surface area contributed by atoms with Gasteiger partial charge in [0, 0.05) is 40.8 Å². The molecule has 0 aliphatic rings. The van der Waals surface area contributed by atoms with E-state index in [4.69, 9.17) is 5.11 Å². The summed E-state index contributed by atoms with van der Waals surface area (Å²) >= 11 is 0. The first kappa shape index (κ1) is 14.3. The Morgan fingerprint density at radius 2 is 1.53 bits per heavy atom. The Hall–Kier alpha value is -0.739. The molecular formula is C14H12NdO2. The van der Waals surface area contributed by atoms with Gasteiger partial charge < -0.3 is 5.11 Å². The van der Waals surface area contributed by atoms with Crippen LogP contribution in [0.25, 0.3) is 0 Å². The number of benzene rings is 2. The minimum atomic E-state index is -0.869. The minimum Gasteiger partial charge on any atom is -0.478 e. The molecule has 0 heterocycles. The first-order valence-corrected chi connectivity index (χ1v) is 5.12. The Morgan fingerprint density at radius 3 is 2.18 bits per heavy atom. The summed E-state index contributed by atoms with van der Waals surface area (Å²) in [5.74, 6) is -0.869. The zero-order valence-electron chi connectivity index (χ0n) is 9.26. The first-order valence-electron chi connectivity index (χ1n) is 5.12. The van der Waals surface area contributed by atoms with Crippen LogP contribution in [0.2, 0.25) is 0 Å². The molecule has 0 unspecified atom stereocenters. The molecule has 0 atom stereocenters. The van der Waals surface area contributed by atoms with E-state index in [2.05, 4.69) is 0 Å². The molecule has 0 saturated heterocycles. The fraction of sp³-hybridized carbons (Fsp3) is 0.0714. The minimum absolute atomic E-state index is 0. The van der Waals surface area contributed by atoms with Crippen LogP contribution in [0.5, 0.6) is 0 Å². The van der Waals surface area contributed by atoms with Crippen molar-refractivity contribution >= 4 is 5.97 Å². The van der Waals surface area contributed by atoms with Crippen LogP contribution in [0.3, 0.4) is 0 Å². The van der Waals surface area contributed by atoms with Crippen molar-refractivity contribution in [3.05, 3.63) is 71.3 Å². The molecule has 84 valence electrons. The molecule has 3 heteroatoms. The SMILES string of the molecule is O=C(O)c1ccccc1Cc1ccccc1.[Nd]. The standard InChI is InChI=1S/C14H12O2.Nd/c15-14(16)13-9-5-4-8-12(13)10-11-6-2-1-3-7-11;/h1-9H,10H2,(H,15,16);. The maximum Gasteiger partial charge on any atom is 0.335 e. The predicted octanol–water partition coefficient (Wildman–Crippen LogP) is 2.98. The monoisotopic (exact) mass is 354 g/mol. The summed E-state index contributed by atoms with van der Waals surface area (Å²) in [4.78, 5) is 11.0. The average Bonchev–Trinajstić information content (AvgIpc) is 2.31. The van der Waals surface area contributed by atoms with Gasteiger partial charge in [-0.3, -0.25) is 0 Å². The van der Waals surface area contributed by atoms with Crippen molar-refractivity contribution in [2.45, 2.75) is 6.42 Å². The molecule has 0 aromatic heterocycles. The maximum absolute atomic E-state index is 11.0. The fourth-order valence-electron chi connectivity index (χ4n) is 1.70. The topological polar surface area (TPSA) is 37.3 Å². The fourth-order valence-corrected chi connectivity index (χ4v) is 1.70. The molecule has 2 rings (SSSR count). The molecule has 2 aromatic rings. The molecule has 0 bridgehead atoms. The molecule has 0 aliphatic heterocycles. The summed E-state index contributed by atoms with van der Waals surface area (Å²) in [7, 11) is 0. The van der Waals surface area contributed by atoms with Gasteiger partial charge in [0.1, 0.15) is 0 Å². The van der Waals surface area contributed by atoms with Gasteiger partial charge in [0.25, 0.3) is 0 Å². The Morgan fingerprint density at radius 1 is 0.941 bits per heavy atom. The van der Waals surface area contributed by atoms with E-state index in [9.17, 15) is 4.79 Å². The summed E-state index contributed by atoms with van der Waals surface area (Å²) in [5.41, 5.74) is 2.35. The Labute approximate surface area is 133 Å². The van der Waals surface area contributed by atoms with Crippen LogP contribution in [0.4, 0.5) is 0 Å². The van der Waals surface area contributed by atoms with Crippen molar-refractivity contribution in [3.8, 4) is 0 Å². The smallest absolute Gasteiger partial charge is 0.335 e. The van der Waals surface area contributed by atoms with Gasteiger partial charge in [-0.15, -0.1) is 0 Å². The predicted molar refractivity (Wildman–Crippen MR) is 62.6 cm³/mol. The van der Waals surface area contributed by atoms with Crippen molar-refractivity contribution < 1.29 is 50.7 Å². The van der Waals surface area contributed by atoms with Gasteiger partial charge in [0.15, 0.2) is 0 Å². The summed E-state index contributed by atoms with van der Waals surface area (Å²) in [5, 5.41) is 9.04. The quantitative estimate of drug-likeness (QED) is 0.918. The van der Waals surface area contributed by atoms with Crippen molar-refractivity contribution in [2.75, 3.05) is 0 Å². The number of carboxylic acids is 1.